The number of aromatic nitrogens is 2. The predicted molar refractivity (Wildman–Crippen MR) is 69.0 cm³/mol. The lowest BCUT2D eigenvalue weighted by Crippen LogP contribution is -2.26. The molecule has 4 nitrogen and oxygen atoms in total. The molecule has 0 spiro atoms. The largest absolute Gasteiger partial charge is 0.280 e. The standard InChI is InChI=1S/C9H8Br2ClN3O/c10-2-5-1-7(16)15(4-5)9-13-3-6(11)8(12)14-9/h3,5H,1-2,4H2. The monoisotopic (exact) mass is 367 g/mol. The van der Waals surface area contributed by atoms with E-state index < -0.39 is 0 Å². The number of carbonyl (C=O) groups is 1. The van der Waals surface area contributed by atoms with Crippen LogP contribution in [0, 0.1) is 5.92 Å². The Morgan fingerprint density at radius 1 is 1.62 bits per heavy atom. The summed E-state index contributed by atoms with van der Waals surface area (Å²) in [6.45, 7) is 0.641. The Kier molecular flexibility index (Phi) is 3.81. The minimum Gasteiger partial charge on any atom is -0.280 e. The van der Waals surface area contributed by atoms with E-state index in [2.05, 4.69) is 41.8 Å². The van der Waals surface area contributed by atoms with Gasteiger partial charge in [-0.3, -0.25) is 9.69 Å². The van der Waals surface area contributed by atoms with Gasteiger partial charge in [-0.1, -0.05) is 27.5 Å². The van der Waals surface area contributed by atoms with Crippen molar-refractivity contribution in [3.05, 3.63) is 15.8 Å². The van der Waals surface area contributed by atoms with Gasteiger partial charge in [0.25, 0.3) is 0 Å². The third-order valence-electron chi connectivity index (χ3n) is 2.35. The summed E-state index contributed by atoms with van der Waals surface area (Å²) < 4.78 is 0.626. The highest BCUT2D eigenvalue weighted by molar-refractivity contribution is 9.10. The van der Waals surface area contributed by atoms with Crippen LogP contribution < -0.4 is 4.90 Å². The quantitative estimate of drug-likeness (QED) is 0.595. The van der Waals surface area contributed by atoms with Crippen molar-refractivity contribution in [3.63, 3.8) is 0 Å². The maximum Gasteiger partial charge on any atom is 0.233 e. The fourth-order valence-corrected chi connectivity index (χ4v) is 2.30. The molecule has 1 amide bonds. The van der Waals surface area contributed by atoms with E-state index in [0.717, 1.165) is 5.33 Å². The molecule has 1 aromatic rings. The van der Waals surface area contributed by atoms with Gasteiger partial charge in [0.1, 0.15) is 5.15 Å². The van der Waals surface area contributed by atoms with Crippen LogP contribution in [0.5, 0.6) is 0 Å². The molecule has 1 fully saturated rings. The van der Waals surface area contributed by atoms with Crippen molar-refractivity contribution in [2.24, 2.45) is 5.92 Å². The van der Waals surface area contributed by atoms with E-state index in [4.69, 9.17) is 11.6 Å². The fourth-order valence-electron chi connectivity index (χ4n) is 1.55. The number of alkyl halides is 1. The molecule has 0 radical (unpaired) electrons. The number of rotatable bonds is 2. The summed E-state index contributed by atoms with van der Waals surface area (Å²) in [5.41, 5.74) is 0. The lowest BCUT2D eigenvalue weighted by atomic mass is 10.2. The molecule has 86 valence electrons. The topological polar surface area (TPSA) is 46.1 Å². The Hall–Kier alpha value is -0.200. The van der Waals surface area contributed by atoms with Gasteiger partial charge in [-0.05, 0) is 21.8 Å². The number of anilines is 1. The predicted octanol–water partition coefficient (Wildman–Crippen LogP) is 2.64. The number of hydrogen-bond acceptors (Lipinski definition) is 3. The molecule has 1 aliphatic rings. The molecule has 1 aromatic heterocycles. The summed E-state index contributed by atoms with van der Waals surface area (Å²) >= 11 is 12.5. The lowest BCUT2D eigenvalue weighted by molar-refractivity contribution is -0.117. The Labute approximate surface area is 115 Å². The summed E-state index contributed by atoms with van der Waals surface area (Å²) in [4.78, 5) is 21.4. The second-order valence-corrected chi connectivity index (χ2v) is 5.40. The van der Waals surface area contributed by atoms with Crippen molar-refractivity contribution in [2.75, 3.05) is 16.8 Å². The molecule has 16 heavy (non-hydrogen) atoms. The van der Waals surface area contributed by atoms with Gasteiger partial charge in [0.05, 0.1) is 4.47 Å². The first kappa shape index (κ1) is 12.3. The van der Waals surface area contributed by atoms with E-state index in [0.29, 0.717) is 34.5 Å². The first-order chi connectivity index (χ1) is 7.61. The molecule has 0 bridgehead atoms. The number of hydrogen-bond donors (Lipinski definition) is 0. The Morgan fingerprint density at radius 3 is 2.94 bits per heavy atom. The zero-order valence-corrected chi connectivity index (χ0v) is 12.1. The molecule has 0 aromatic carbocycles. The molecule has 0 N–H and O–H groups in total. The van der Waals surface area contributed by atoms with Crippen LogP contribution in [-0.4, -0.2) is 27.7 Å². The molecule has 0 saturated carbocycles. The molecule has 2 rings (SSSR count). The van der Waals surface area contributed by atoms with E-state index in [1.54, 1.807) is 11.1 Å². The van der Waals surface area contributed by atoms with Crippen LogP contribution in [0.3, 0.4) is 0 Å². The van der Waals surface area contributed by atoms with E-state index in [-0.39, 0.29) is 5.91 Å². The van der Waals surface area contributed by atoms with Crippen molar-refractivity contribution < 1.29 is 4.79 Å². The fraction of sp³-hybridized carbons (Fsp3) is 0.444. The van der Waals surface area contributed by atoms with Crippen LogP contribution in [0.4, 0.5) is 5.95 Å². The number of nitrogens with zero attached hydrogens (tertiary/aromatic N) is 3. The van der Waals surface area contributed by atoms with Gasteiger partial charge in [0, 0.05) is 24.5 Å². The third-order valence-corrected chi connectivity index (χ3v) is 4.37. The first-order valence-electron chi connectivity index (χ1n) is 4.66. The van der Waals surface area contributed by atoms with Gasteiger partial charge >= 0.3 is 0 Å². The zero-order chi connectivity index (χ0) is 11.7. The minimum absolute atomic E-state index is 0.0443. The third kappa shape index (κ3) is 2.38. The van der Waals surface area contributed by atoms with E-state index in [1.807, 2.05) is 0 Å². The van der Waals surface area contributed by atoms with Gasteiger partial charge in [0.2, 0.25) is 11.9 Å². The van der Waals surface area contributed by atoms with Crippen LogP contribution in [0.25, 0.3) is 0 Å². The molecule has 1 unspecified atom stereocenters. The number of halogens is 3. The van der Waals surface area contributed by atoms with Crippen molar-refractivity contribution >= 4 is 55.3 Å². The Bertz CT molecular complexity index is 429. The lowest BCUT2D eigenvalue weighted by Gasteiger charge is -2.13. The molecule has 1 aliphatic heterocycles. The van der Waals surface area contributed by atoms with Crippen molar-refractivity contribution in [1.82, 2.24) is 9.97 Å². The van der Waals surface area contributed by atoms with Crippen molar-refractivity contribution in [2.45, 2.75) is 6.42 Å². The zero-order valence-electron chi connectivity index (χ0n) is 8.16. The first-order valence-corrected chi connectivity index (χ1v) is 6.95. The van der Waals surface area contributed by atoms with Gasteiger partial charge in [-0.2, -0.15) is 4.98 Å². The van der Waals surface area contributed by atoms with Crippen LogP contribution in [-0.2, 0) is 4.79 Å². The molecular formula is C9H8Br2ClN3O. The molecule has 7 heteroatoms. The normalized spacial score (nSPS) is 20.6. The maximum atomic E-state index is 11.7. The molecular weight excluding hydrogens is 361 g/mol. The molecule has 2 heterocycles. The highest BCUT2D eigenvalue weighted by atomic mass is 79.9. The van der Waals surface area contributed by atoms with Gasteiger partial charge < -0.3 is 0 Å². The van der Waals surface area contributed by atoms with Gasteiger partial charge in [-0.25, -0.2) is 4.98 Å². The van der Waals surface area contributed by atoms with Gasteiger partial charge in [-0.15, -0.1) is 0 Å². The maximum absolute atomic E-state index is 11.7. The number of amides is 1. The summed E-state index contributed by atoms with van der Waals surface area (Å²) in [5.74, 6) is 0.739. The number of carbonyl (C=O) groups excluding carboxylic acids is 1. The average Bonchev–Trinajstić information content (AvgIpc) is 2.64. The second-order valence-electron chi connectivity index (χ2n) is 3.54. The van der Waals surface area contributed by atoms with Crippen molar-refractivity contribution in [3.8, 4) is 0 Å². The molecule has 1 saturated heterocycles. The minimum atomic E-state index is 0.0443. The van der Waals surface area contributed by atoms with Crippen LogP contribution >= 0.6 is 43.5 Å². The van der Waals surface area contributed by atoms with Gasteiger partial charge in [0.15, 0.2) is 0 Å². The Balaban J connectivity index is 2.24. The average molecular weight is 369 g/mol. The Morgan fingerprint density at radius 2 is 2.38 bits per heavy atom. The van der Waals surface area contributed by atoms with Crippen LogP contribution in [0.1, 0.15) is 6.42 Å². The summed E-state index contributed by atoms with van der Waals surface area (Å²) in [6, 6.07) is 0. The van der Waals surface area contributed by atoms with E-state index >= 15 is 0 Å². The van der Waals surface area contributed by atoms with Crippen molar-refractivity contribution in [1.29, 1.82) is 0 Å². The summed E-state index contributed by atoms with van der Waals surface area (Å²) in [6.07, 6.45) is 2.09. The molecule has 1 atom stereocenters. The smallest absolute Gasteiger partial charge is 0.233 e. The molecule has 0 aliphatic carbocycles. The highest BCUT2D eigenvalue weighted by Crippen LogP contribution is 2.26. The van der Waals surface area contributed by atoms with Crippen LogP contribution in [0.2, 0.25) is 5.15 Å². The van der Waals surface area contributed by atoms with E-state index in [1.165, 1.54) is 0 Å². The highest BCUT2D eigenvalue weighted by Gasteiger charge is 2.31. The summed E-state index contributed by atoms with van der Waals surface area (Å²) in [7, 11) is 0. The summed E-state index contributed by atoms with van der Waals surface area (Å²) in [5, 5.41) is 1.12. The van der Waals surface area contributed by atoms with E-state index in [9.17, 15) is 4.79 Å². The van der Waals surface area contributed by atoms with Crippen LogP contribution in [0.15, 0.2) is 10.7 Å². The second kappa shape index (κ2) is 4.98. The SMILES string of the molecule is O=C1CC(CBr)CN1c1ncc(Br)c(Cl)n1.